The summed E-state index contributed by atoms with van der Waals surface area (Å²) in [5.41, 5.74) is 2.13. The van der Waals surface area contributed by atoms with E-state index in [1.165, 1.54) is 11.0 Å². The molecule has 7 heteroatoms. The molecule has 3 rings (SSSR count). The van der Waals surface area contributed by atoms with Gasteiger partial charge in [0.1, 0.15) is 12.2 Å². The number of aryl methyl sites for hydroxylation is 2. The Morgan fingerprint density at radius 1 is 1.23 bits per heavy atom. The zero-order valence-corrected chi connectivity index (χ0v) is 16.2. The van der Waals surface area contributed by atoms with Crippen LogP contribution in [0.2, 0.25) is 0 Å². The molecule has 0 amide bonds. The van der Waals surface area contributed by atoms with E-state index in [9.17, 15) is 8.42 Å². The van der Waals surface area contributed by atoms with Gasteiger partial charge in [-0.25, -0.2) is 8.42 Å². The molecular weight excluding hydrogens is 348 g/mol. The van der Waals surface area contributed by atoms with Gasteiger partial charge in [-0.1, -0.05) is 31.2 Å². The highest BCUT2D eigenvalue weighted by molar-refractivity contribution is 7.92. The van der Waals surface area contributed by atoms with Crippen LogP contribution in [-0.4, -0.2) is 40.6 Å². The second-order valence-electron chi connectivity index (χ2n) is 6.62. The van der Waals surface area contributed by atoms with E-state index in [0.29, 0.717) is 13.1 Å². The number of rotatable bonds is 6. The van der Waals surface area contributed by atoms with E-state index in [-0.39, 0.29) is 5.92 Å². The summed E-state index contributed by atoms with van der Waals surface area (Å²) in [6.07, 6.45) is 6.13. The van der Waals surface area contributed by atoms with Crippen molar-refractivity contribution in [3.63, 3.8) is 0 Å². The fourth-order valence-corrected chi connectivity index (χ4v) is 4.60. The normalized spacial score (nSPS) is 19.2. The molecule has 0 bridgehead atoms. The number of piperidine rings is 1. The summed E-state index contributed by atoms with van der Waals surface area (Å²) in [6, 6.07) is 7.96. The molecule has 2 heterocycles. The lowest BCUT2D eigenvalue weighted by atomic mass is 9.99. The van der Waals surface area contributed by atoms with E-state index in [1.54, 1.807) is 16.7 Å². The first-order chi connectivity index (χ1) is 12.5. The van der Waals surface area contributed by atoms with Crippen molar-refractivity contribution in [2.75, 3.05) is 13.1 Å². The summed E-state index contributed by atoms with van der Waals surface area (Å²) in [5.74, 6) is 0.977. The van der Waals surface area contributed by atoms with E-state index >= 15 is 0 Å². The van der Waals surface area contributed by atoms with E-state index < -0.39 is 10.0 Å². The Hall–Kier alpha value is -1.99. The Balaban J connectivity index is 1.72. The molecule has 0 radical (unpaired) electrons. The number of nitrogens with zero attached hydrogens (tertiary/aromatic N) is 4. The zero-order chi connectivity index (χ0) is 18.6. The van der Waals surface area contributed by atoms with Crippen LogP contribution < -0.4 is 0 Å². The summed E-state index contributed by atoms with van der Waals surface area (Å²) in [7, 11) is -3.45. The minimum atomic E-state index is -3.45. The van der Waals surface area contributed by atoms with Crippen molar-refractivity contribution in [2.45, 2.75) is 45.6 Å². The molecule has 1 aliphatic rings. The highest BCUT2D eigenvalue weighted by Gasteiger charge is 2.30. The van der Waals surface area contributed by atoms with Gasteiger partial charge in [0.05, 0.1) is 0 Å². The van der Waals surface area contributed by atoms with Gasteiger partial charge in [-0.15, -0.1) is 10.2 Å². The smallest absolute Gasteiger partial charge is 0.236 e. The van der Waals surface area contributed by atoms with Crippen molar-refractivity contribution in [3.05, 3.63) is 53.0 Å². The topological polar surface area (TPSA) is 68.1 Å². The van der Waals surface area contributed by atoms with Gasteiger partial charge in [0.15, 0.2) is 0 Å². The molecule has 1 saturated heterocycles. The minimum absolute atomic E-state index is 0.0956. The lowest BCUT2D eigenvalue weighted by Crippen LogP contribution is -2.38. The van der Waals surface area contributed by atoms with Crippen molar-refractivity contribution in [1.82, 2.24) is 19.1 Å². The average molecular weight is 375 g/mol. The SMILES string of the molecule is CCc1ccc(/C=C/S(=O)(=O)N2CCCC(c3nncn3CC)C2)cc1. The molecular formula is C19H26N4O2S. The molecule has 1 aliphatic heterocycles. The van der Waals surface area contributed by atoms with Crippen LogP contribution in [-0.2, 0) is 23.0 Å². The summed E-state index contributed by atoms with van der Waals surface area (Å²) >= 11 is 0. The van der Waals surface area contributed by atoms with Crippen LogP contribution in [0.3, 0.4) is 0 Å². The predicted octanol–water partition coefficient (Wildman–Crippen LogP) is 3.04. The Morgan fingerprint density at radius 2 is 2.00 bits per heavy atom. The Labute approximate surface area is 155 Å². The molecule has 0 saturated carbocycles. The first kappa shape index (κ1) is 18.8. The van der Waals surface area contributed by atoms with E-state index in [0.717, 1.165) is 37.2 Å². The number of sulfonamides is 1. The Kier molecular flexibility index (Phi) is 5.88. The van der Waals surface area contributed by atoms with Gasteiger partial charge in [-0.3, -0.25) is 0 Å². The standard InChI is InChI=1S/C19H26N4O2S/c1-3-16-7-9-17(10-8-16)11-13-26(24,25)23-12-5-6-18(14-23)19-21-20-15-22(19)4-2/h7-11,13,15,18H,3-6,12,14H2,1-2H3/b13-11+. The van der Waals surface area contributed by atoms with Crippen LogP contribution >= 0.6 is 0 Å². The van der Waals surface area contributed by atoms with Gasteiger partial charge in [0, 0.05) is 31.0 Å². The first-order valence-corrected chi connectivity index (χ1v) is 10.7. The maximum Gasteiger partial charge on any atom is 0.236 e. The molecule has 140 valence electrons. The summed E-state index contributed by atoms with van der Waals surface area (Å²) < 4.78 is 29.1. The van der Waals surface area contributed by atoms with Gasteiger partial charge >= 0.3 is 0 Å². The van der Waals surface area contributed by atoms with Crippen molar-refractivity contribution in [1.29, 1.82) is 0 Å². The Bertz CT molecular complexity index is 856. The van der Waals surface area contributed by atoms with Crippen molar-refractivity contribution < 1.29 is 8.42 Å². The van der Waals surface area contributed by atoms with Crippen LogP contribution in [0.5, 0.6) is 0 Å². The Morgan fingerprint density at radius 3 is 2.69 bits per heavy atom. The fraction of sp³-hybridized carbons (Fsp3) is 0.474. The summed E-state index contributed by atoms with van der Waals surface area (Å²) in [4.78, 5) is 0. The molecule has 0 spiro atoms. The molecule has 0 aliphatic carbocycles. The lowest BCUT2D eigenvalue weighted by molar-refractivity contribution is 0.307. The van der Waals surface area contributed by atoms with Gasteiger partial charge in [0.25, 0.3) is 0 Å². The second-order valence-corrected chi connectivity index (χ2v) is 8.43. The van der Waals surface area contributed by atoms with Crippen LogP contribution in [0.1, 0.15) is 49.6 Å². The highest BCUT2D eigenvalue weighted by Crippen LogP contribution is 2.27. The summed E-state index contributed by atoms with van der Waals surface area (Å²) in [5, 5.41) is 9.51. The third-order valence-corrected chi connectivity index (χ3v) is 6.45. The first-order valence-electron chi connectivity index (χ1n) is 9.18. The molecule has 0 N–H and O–H groups in total. The van der Waals surface area contributed by atoms with Crippen LogP contribution in [0, 0.1) is 0 Å². The molecule has 1 atom stereocenters. The van der Waals surface area contributed by atoms with Crippen molar-refractivity contribution in [2.24, 2.45) is 0 Å². The molecule has 6 nitrogen and oxygen atoms in total. The number of hydrogen-bond donors (Lipinski definition) is 0. The van der Waals surface area contributed by atoms with Crippen LogP contribution in [0.15, 0.2) is 36.0 Å². The fourth-order valence-electron chi connectivity index (χ4n) is 3.32. The number of aromatic nitrogens is 3. The molecule has 1 aromatic carbocycles. The average Bonchev–Trinajstić information content (AvgIpc) is 3.16. The predicted molar refractivity (Wildman–Crippen MR) is 103 cm³/mol. The molecule has 1 unspecified atom stereocenters. The lowest BCUT2D eigenvalue weighted by Gasteiger charge is -2.30. The van der Waals surface area contributed by atoms with Gasteiger partial charge in [0.2, 0.25) is 10.0 Å². The van der Waals surface area contributed by atoms with Crippen LogP contribution in [0.25, 0.3) is 6.08 Å². The maximum atomic E-state index is 12.7. The van der Waals surface area contributed by atoms with Gasteiger partial charge < -0.3 is 4.57 Å². The van der Waals surface area contributed by atoms with Crippen molar-refractivity contribution in [3.8, 4) is 0 Å². The van der Waals surface area contributed by atoms with Crippen LogP contribution in [0.4, 0.5) is 0 Å². The maximum absolute atomic E-state index is 12.7. The van der Waals surface area contributed by atoms with E-state index in [4.69, 9.17) is 0 Å². The molecule has 1 aromatic heterocycles. The van der Waals surface area contributed by atoms with Gasteiger partial charge in [-0.2, -0.15) is 4.31 Å². The highest BCUT2D eigenvalue weighted by atomic mass is 32.2. The van der Waals surface area contributed by atoms with Crippen molar-refractivity contribution >= 4 is 16.1 Å². The number of benzene rings is 1. The molecule has 26 heavy (non-hydrogen) atoms. The van der Waals surface area contributed by atoms with Gasteiger partial charge in [-0.05, 0) is 43.4 Å². The van der Waals surface area contributed by atoms with E-state index in [2.05, 4.69) is 17.1 Å². The monoisotopic (exact) mass is 374 g/mol. The quantitative estimate of drug-likeness (QED) is 0.779. The second kappa shape index (κ2) is 8.14. The van der Waals surface area contributed by atoms with E-state index in [1.807, 2.05) is 35.8 Å². The number of hydrogen-bond acceptors (Lipinski definition) is 4. The zero-order valence-electron chi connectivity index (χ0n) is 15.4. The third kappa shape index (κ3) is 4.22. The minimum Gasteiger partial charge on any atom is -0.318 e. The molecule has 1 fully saturated rings. The third-order valence-electron chi connectivity index (χ3n) is 4.92. The summed E-state index contributed by atoms with van der Waals surface area (Å²) in [6.45, 7) is 5.94. The molecule has 2 aromatic rings. The largest absolute Gasteiger partial charge is 0.318 e.